The molecule has 0 spiro atoms. The van der Waals surface area contributed by atoms with Crippen molar-refractivity contribution >= 4 is 29.1 Å². The highest BCUT2D eigenvalue weighted by Crippen LogP contribution is 2.38. The van der Waals surface area contributed by atoms with Crippen LogP contribution in [0.4, 0.5) is 10.1 Å². The Kier molecular flexibility index (Phi) is 4.75. The van der Waals surface area contributed by atoms with E-state index in [4.69, 9.17) is 4.74 Å². The van der Waals surface area contributed by atoms with Gasteiger partial charge in [-0.25, -0.2) is 14.0 Å². The Hall–Kier alpha value is -2.77. The van der Waals surface area contributed by atoms with E-state index < -0.39 is 35.2 Å². The minimum absolute atomic E-state index is 0.148. The molecular formula is C19H21FN2O5. The zero-order valence-corrected chi connectivity index (χ0v) is 15.7. The molecular weight excluding hydrogens is 355 g/mol. The summed E-state index contributed by atoms with van der Waals surface area (Å²) in [6.45, 7) is 5.84. The molecule has 0 radical (unpaired) electrons. The molecule has 3 rings (SSSR count). The van der Waals surface area contributed by atoms with Gasteiger partial charge in [0.1, 0.15) is 23.2 Å². The molecule has 0 saturated heterocycles. The van der Waals surface area contributed by atoms with Gasteiger partial charge in [0.25, 0.3) is 5.78 Å². The van der Waals surface area contributed by atoms with Gasteiger partial charge in [-0.05, 0) is 38.5 Å². The molecule has 7 nitrogen and oxygen atoms in total. The lowest BCUT2D eigenvalue weighted by molar-refractivity contribution is -0.156. The van der Waals surface area contributed by atoms with Crippen molar-refractivity contribution in [1.82, 2.24) is 0 Å². The van der Waals surface area contributed by atoms with E-state index in [-0.39, 0.29) is 24.2 Å². The molecule has 0 fully saturated rings. The van der Waals surface area contributed by atoms with Crippen molar-refractivity contribution in [3.8, 4) is 0 Å². The van der Waals surface area contributed by atoms with Crippen LogP contribution in [0.15, 0.2) is 17.1 Å². The molecule has 1 unspecified atom stereocenters. The first-order valence-corrected chi connectivity index (χ1v) is 8.62. The summed E-state index contributed by atoms with van der Waals surface area (Å²) in [5.41, 5.74) is 0.511. The van der Waals surface area contributed by atoms with Gasteiger partial charge in [-0.15, -0.1) is 0 Å². The van der Waals surface area contributed by atoms with Crippen molar-refractivity contribution < 1.29 is 28.2 Å². The second-order valence-electron chi connectivity index (χ2n) is 7.46. The zero-order valence-electron chi connectivity index (χ0n) is 15.7. The lowest BCUT2D eigenvalue weighted by atomic mass is 10.00. The Morgan fingerprint density at radius 3 is 2.59 bits per heavy atom. The maximum atomic E-state index is 14.2. The molecule has 0 N–H and O–H groups in total. The monoisotopic (exact) mass is 376 g/mol. The van der Waals surface area contributed by atoms with Crippen molar-refractivity contribution in [2.45, 2.75) is 38.8 Å². The van der Waals surface area contributed by atoms with Crippen LogP contribution in [-0.4, -0.2) is 55.3 Å². The number of ketones is 1. The van der Waals surface area contributed by atoms with Gasteiger partial charge in [0.05, 0.1) is 19.3 Å². The van der Waals surface area contributed by atoms with Crippen molar-refractivity contribution in [2.75, 3.05) is 25.1 Å². The predicted octanol–water partition coefficient (Wildman–Crippen LogP) is 1.44. The van der Waals surface area contributed by atoms with Crippen LogP contribution < -0.4 is 4.90 Å². The van der Waals surface area contributed by atoms with Gasteiger partial charge in [0, 0.05) is 18.5 Å². The summed E-state index contributed by atoms with van der Waals surface area (Å²) in [5.74, 6) is -3.00. The van der Waals surface area contributed by atoms with Crippen LogP contribution in [-0.2, 0) is 30.3 Å². The Morgan fingerprint density at radius 2 is 1.96 bits per heavy atom. The van der Waals surface area contributed by atoms with Gasteiger partial charge in [-0.3, -0.25) is 9.79 Å². The van der Waals surface area contributed by atoms with Crippen LogP contribution in [0.1, 0.15) is 31.9 Å². The lowest BCUT2D eigenvalue weighted by Gasteiger charge is -2.28. The molecule has 2 heterocycles. The number of anilines is 1. The number of carbonyl (C=O) groups is 3. The van der Waals surface area contributed by atoms with Crippen LogP contribution in [0.3, 0.4) is 0 Å². The number of hydrogen-bond acceptors (Lipinski definition) is 7. The second-order valence-corrected chi connectivity index (χ2v) is 7.46. The smallest absolute Gasteiger partial charge is 0.381 e. The number of nitrogens with zero attached hydrogens (tertiary/aromatic N) is 2. The molecule has 27 heavy (non-hydrogen) atoms. The summed E-state index contributed by atoms with van der Waals surface area (Å²) in [6, 6.07) is 1.86. The van der Waals surface area contributed by atoms with Crippen LogP contribution in [0.2, 0.25) is 0 Å². The summed E-state index contributed by atoms with van der Waals surface area (Å²) < 4.78 is 24.2. The van der Waals surface area contributed by atoms with Crippen molar-refractivity contribution in [1.29, 1.82) is 0 Å². The van der Waals surface area contributed by atoms with Gasteiger partial charge in [0.2, 0.25) is 0 Å². The van der Waals surface area contributed by atoms with Gasteiger partial charge < -0.3 is 14.4 Å². The van der Waals surface area contributed by atoms with E-state index in [1.54, 1.807) is 25.7 Å². The van der Waals surface area contributed by atoms with E-state index in [0.717, 1.165) is 13.2 Å². The largest absolute Gasteiger partial charge is 0.463 e. The maximum absolute atomic E-state index is 14.2. The summed E-state index contributed by atoms with van der Waals surface area (Å²) in [5, 5.41) is 0. The number of benzene rings is 1. The van der Waals surface area contributed by atoms with E-state index in [0.29, 0.717) is 17.8 Å². The number of methoxy groups -OCH3 is 1. The number of aliphatic imine (C=N–C) groups is 1. The highest BCUT2D eigenvalue weighted by Gasteiger charge is 2.41. The Labute approximate surface area is 156 Å². The highest BCUT2D eigenvalue weighted by atomic mass is 19.1. The fourth-order valence-corrected chi connectivity index (χ4v) is 3.39. The topological polar surface area (TPSA) is 85.3 Å². The van der Waals surface area contributed by atoms with Crippen molar-refractivity contribution in [3.05, 3.63) is 29.1 Å². The first-order valence-electron chi connectivity index (χ1n) is 8.62. The van der Waals surface area contributed by atoms with Crippen molar-refractivity contribution in [2.24, 2.45) is 4.99 Å². The lowest BCUT2D eigenvalue weighted by Crippen LogP contribution is -2.43. The van der Waals surface area contributed by atoms with E-state index in [9.17, 15) is 18.8 Å². The predicted molar refractivity (Wildman–Crippen MR) is 95.5 cm³/mol. The number of hydrogen-bond donors (Lipinski definition) is 0. The molecule has 0 aliphatic carbocycles. The van der Waals surface area contributed by atoms with Crippen LogP contribution >= 0.6 is 0 Å². The van der Waals surface area contributed by atoms with Crippen LogP contribution in [0.25, 0.3) is 0 Å². The third-order valence-electron chi connectivity index (χ3n) is 4.36. The quantitative estimate of drug-likeness (QED) is 0.586. The average Bonchev–Trinajstić information content (AvgIpc) is 2.82. The normalized spacial score (nSPS) is 18.3. The number of esters is 2. The van der Waals surface area contributed by atoms with E-state index in [1.807, 2.05) is 0 Å². The van der Waals surface area contributed by atoms with Gasteiger partial charge in [-0.1, -0.05) is 0 Å². The van der Waals surface area contributed by atoms with Crippen LogP contribution in [0, 0.1) is 5.82 Å². The molecule has 2 aliphatic rings. The summed E-state index contributed by atoms with van der Waals surface area (Å²) in [4.78, 5) is 42.7. The van der Waals surface area contributed by atoms with E-state index in [1.165, 1.54) is 6.07 Å². The molecule has 0 amide bonds. The van der Waals surface area contributed by atoms with Crippen molar-refractivity contribution in [3.63, 3.8) is 0 Å². The second kappa shape index (κ2) is 6.75. The zero-order chi connectivity index (χ0) is 19.9. The minimum atomic E-state index is -1.07. The Bertz CT molecular complexity index is 856. The van der Waals surface area contributed by atoms with Gasteiger partial charge in [0.15, 0.2) is 0 Å². The molecule has 0 saturated carbocycles. The fourth-order valence-electron chi connectivity index (χ4n) is 3.39. The molecule has 1 aromatic rings. The highest BCUT2D eigenvalue weighted by molar-refractivity contribution is 6.67. The van der Waals surface area contributed by atoms with E-state index in [2.05, 4.69) is 9.73 Å². The SMILES string of the molecule is COC(=O)C(=O)C1=NCCN2c3c(cc(F)cc31)CC2C(=O)OC(C)(C)C. The molecule has 1 atom stereocenters. The molecule has 0 bridgehead atoms. The molecule has 2 aliphatic heterocycles. The molecule has 0 aromatic heterocycles. The molecule has 144 valence electrons. The standard InChI is InChI=1S/C19H21FN2O5/c1-19(2,3)27-17(24)13-8-10-7-11(20)9-12-14(16(23)18(25)26-4)21-5-6-22(13)15(10)12/h7,9,13H,5-6,8H2,1-4H3. The number of carbonyl (C=O) groups excluding carboxylic acids is 3. The maximum Gasteiger partial charge on any atom is 0.381 e. The number of Topliss-reactive ketones (excluding diaryl/α,β-unsaturated/α-hetero) is 1. The number of halogens is 1. The number of rotatable bonds is 3. The van der Waals surface area contributed by atoms with Crippen LogP contribution in [0.5, 0.6) is 0 Å². The third-order valence-corrected chi connectivity index (χ3v) is 4.36. The van der Waals surface area contributed by atoms with E-state index >= 15 is 0 Å². The minimum Gasteiger partial charge on any atom is -0.463 e. The Morgan fingerprint density at radius 1 is 1.26 bits per heavy atom. The summed E-state index contributed by atoms with van der Waals surface area (Å²) in [7, 11) is 1.10. The first kappa shape index (κ1) is 19.0. The average molecular weight is 376 g/mol. The number of ether oxygens (including phenoxy) is 2. The van der Waals surface area contributed by atoms with Gasteiger partial charge in [-0.2, -0.15) is 0 Å². The third kappa shape index (κ3) is 3.56. The summed E-state index contributed by atoms with van der Waals surface area (Å²) in [6.07, 6.45) is 0.259. The summed E-state index contributed by atoms with van der Waals surface area (Å²) >= 11 is 0. The Balaban J connectivity index is 2.04. The van der Waals surface area contributed by atoms with Gasteiger partial charge >= 0.3 is 11.9 Å². The first-order chi connectivity index (χ1) is 12.6. The molecule has 1 aromatic carbocycles. The molecule has 8 heteroatoms. The fraction of sp³-hybridized carbons (Fsp3) is 0.474.